The topological polar surface area (TPSA) is 91.3 Å². The number of Topliss-reactive ketones (excluding diaryl/α,β-unsaturated/α-hetero) is 1. The van der Waals surface area contributed by atoms with Crippen molar-refractivity contribution >= 4 is 17.8 Å². The van der Waals surface area contributed by atoms with Crippen molar-refractivity contribution < 1.29 is 33.6 Å². The van der Waals surface area contributed by atoms with Gasteiger partial charge in [0, 0.05) is 17.0 Å². The van der Waals surface area contributed by atoms with Gasteiger partial charge in [0.2, 0.25) is 5.78 Å². The van der Waals surface area contributed by atoms with E-state index in [4.69, 9.17) is 18.9 Å². The molecule has 2 aliphatic rings. The highest BCUT2D eigenvalue weighted by atomic mass is 16.5. The Hall–Kier alpha value is -4.26. The Bertz CT molecular complexity index is 1320. The molecule has 2 heterocycles. The van der Waals surface area contributed by atoms with Crippen molar-refractivity contribution in [1.29, 1.82) is 0 Å². The Labute approximate surface area is 189 Å². The molecule has 0 saturated carbocycles. The number of phenolic OH excluding ortho intramolecular Hbond substituents is 1. The van der Waals surface area contributed by atoms with Gasteiger partial charge < -0.3 is 24.1 Å². The maximum Gasteiger partial charge on any atom is 0.312 e. The Morgan fingerprint density at radius 3 is 2.52 bits per heavy atom. The molecular formula is C26H20O7. The first-order valence-electron chi connectivity index (χ1n) is 10.3. The Morgan fingerprint density at radius 2 is 1.76 bits per heavy atom. The summed E-state index contributed by atoms with van der Waals surface area (Å²) in [6.07, 6.45) is 1.65. The van der Waals surface area contributed by atoms with Crippen LogP contribution in [0.4, 0.5) is 0 Å². The van der Waals surface area contributed by atoms with Gasteiger partial charge in [-0.1, -0.05) is 24.3 Å². The fourth-order valence-electron chi connectivity index (χ4n) is 4.27. The third-order valence-corrected chi connectivity index (χ3v) is 5.79. The van der Waals surface area contributed by atoms with Crippen LogP contribution < -0.4 is 18.9 Å². The molecule has 0 fully saturated rings. The number of esters is 1. The Balaban J connectivity index is 1.60. The molecule has 0 radical (unpaired) electrons. The number of carbonyl (C=O) groups is 2. The van der Waals surface area contributed by atoms with Crippen LogP contribution >= 0.6 is 0 Å². The number of rotatable bonds is 4. The first-order valence-corrected chi connectivity index (χ1v) is 10.3. The van der Waals surface area contributed by atoms with Crippen molar-refractivity contribution in [2.24, 2.45) is 0 Å². The van der Waals surface area contributed by atoms with Crippen molar-refractivity contribution in [3.05, 3.63) is 82.6 Å². The molecule has 1 atom stereocenters. The van der Waals surface area contributed by atoms with Crippen molar-refractivity contribution in [2.45, 2.75) is 12.3 Å². The molecule has 5 rings (SSSR count). The Kier molecular flexibility index (Phi) is 5.01. The molecule has 1 N–H and O–H groups in total. The van der Waals surface area contributed by atoms with Gasteiger partial charge in [-0.15, -0.1) is 0 Å². The fraction of sp³-hybridized carbons (Fsp3) is 0.154. The van der Waals surface area contributed by atoms with E-state index in [9.17, 15) is 14.7 Å². The summed E-state index contributed by atoms with van der Waals surface area (Å²) in [5.41, 5.74) is 2.40. The molecule has 0 bridgehead atoms. The quantitative estimate of drug-likeness (QED) is 0.361. The van der Waals surface area contributed by atoms with Gasteiger partial charge in [0.15, 0.2) is 17.3 Å². The second kappa shape index (κ2) is 8.02. The molecule has 0 spiro atoms. The zero-order chi connectivity index (χ0) is 23.1. The molecule has 0 aliphatic carbocycles. The van der Waals surface area contributed by atoms with Crippen LogP contribution in [0.5, 0.6) is 28.7 Å². The molecule has 7 heteroatoms. The summed E-state index contributed by atoms with van der Waals surface area (Å²) in [7, 11) is 3.03. The van der Waals surface area contributed by atoms with Crippen LogP contribution in [-0.4, -0.2) is 31.1 Å². The summed E-state index contributed by atoms with van der Waals surface area (Å²) in [5.74, 6) is 0.690. The van der Waals surface area contributed by atoms with Crippen LogP contribution in [0.1, 0.15) is 39.4 Å². The predicted octanol–water partition coefficient (Wildman–Crippen LogP) is 4.47. The van der Waals surface area contributed by atoms with Crippen LogP contribution in [0.3, 0.4) is 0 Å². The third-order valence-electron chi connectivity index (χ3n) is 5.79. The van der Waals surface area contributed by atoms with E-state index in [1.807, 2.05) is 24.3 Å². The van der Waals surface area contributed by atoms with Crippen LogP contribution in [0, 0.1) is 0 Å². The number of benzene rings is 3. The number of carbonyl (C=O) groups excluding carboxylic acids is 2. The molecule has 166 valence electrons. The minimum absolute atomic E-state index is 0.0460. The van der Waals surface area contributed by atoms with Crippen LogP contribution in [0.15, 0.2) is 60.4 Å². The predicted molar refractivity (Wildman–Crippen MR) is 119 cm³/mol. The average Bonchev–Trinajstić information content (AvgIpc) is 3.13. The monoisotopic (exact) mass is 444 g/mol. The van der Waals surface area contributed by atoms with Gasteiger partial charge in [-0.25, -0.2) is 0 Å². The molecular weight excluding hydrogens is 424 g/mol. The number of hydrogen-bond acceptors (Lipinski definition) is 7. The maximum absolute atomic E-state index is 13.1. The van der Waals surface area contributed by atoms with Crippen molar-refractivity contribution in [3.63, 3.8) is 0 Å². The normalized spacial score (nSPS) is 17.8. The zero-order valence-corrected chi connectivity index (χ0v) is 18.0. The van der Waals surface area contributed by atoms with E-state index in [0.29, 0.717) is 39.7 Å². The first-order chi connectivity index (χ1) is 16.0. The molecule has 3 aromatic carbocycles. The first kappa shape index (κ1) is 20.6. The van der Waals surface area contributed by atoms with Gasteiger partial charge >= 0.3 is 5.97 Å². The molecule has 2 aliphatic heterocycles. The van der Waals surface area contributed by atoms with E-state index in [1.54, 1.807) is 37.5 Å². The summed E-state index contributed by atoms with van der Waals surface area (Å²) < 4.78 is 22.1. The molecule has 33 heavy (non-hydrogen) atoms. The number of phenols is 1. The summed E-state index contributed by atoms with van der Waals surface area (Å²) in [6.45, 7) is 0. The number of aromatic hydroxyl groups is 1. The highest BCUT2D eigenvalue weighted by molar-refractivity contribution is 6.15. The molecule has 0 aromatic heterocycles. The highest BCUT2D eigenvalue weighted by Gasteiger charge is 2.39. The molecule has 3 aromatic rings. The number of methoxy groups -OCH3 is 2. The largest absolute Gasteiger partial charge is 0.504 e. The van der Waals surface area contributed by atoms with Crippen LogP contribution in [0.25, 0.3) is 6.08 Å². The van der Waals surface area contributed by atoms with Crippen molar-refractivity contribution in [2.75, 3.05) is 14.2 Å². The minimum Gasteiger partial charge on any atom is -0.504 e. The summed E-state index contributed by atoms with van der Waals surface area (Å²) >= 11 is 0. The van der Waals surface area contributed by atoms with Gasteiger partial charge in [-0.2, -0.15) is 0 Å². The minimum atomic E-state index is -0.399. The van der Waals surface area contributed by atoms with E-state index >= 15 is 0 Å². The lowest BCUT2D eigenvalue weighted by molar-refractivity contribution is -0.135. The molecule has 1 unspecified atom stereocenters. The van der Waals surface area contributed by atoms with Crippen molar-refractivity contribution in [1.82, 2.24) is 0 Å². The fourth-order valence-corrected chi connectivity index (χ4v) is 4.27. The van der Waals surface area contributed by atoms with Crippen LogP contribution in [-0.2, 0) is 4.79 Å². The van der Waals surface area contributed by atoms with E-state index in [2.05, 4.69) is 0 Å². The number of fused-ring (bicyclic) bond motifs is 3. The maximum atomic E-state index is 13.1. The van der Waals surface area contributed by atoms with E-state index in [1.165, 1.54) is 13.2 Å². The van der Waals surface area contributed by atoms with E-state index in [-0.39, 0.29) is 29.7 Å². The number of ether oxygens (including phenoxy) is 4. The Morgan fingerprint density at radius 1 is 0.970 bits per heavy atom. The lowest BCUT2D eigenvalue weighted by Crippen LogP contribution is -2.22. The van der Waals surface area contributed by atoms with Crippen molar-refractivity contribution in [3.8, 4) is 28.7 Å². The number of allylic oxidation sites excluding steroid dienone is 1. The smallest absolute Gasteiger partial charge is 0.312 e. The van der Waals surface area contributed by atoms with Gasteiger partial charge in [0.1, 0.15) is 17.2 Å². The van der Waals surface area contributed by atoms with Gasteiger partial charge in [0.25, 0.3) is 0 Å². The second-order valence-corrected chi connectivity index (χ2v) is 7.70. The standard InChI is InChI=1S/C26H20O7/c1-30-19-6-4-3-5-15(19)17-13-23(28)32-21-10-8-16-25(29)22(33-26(16)24(17)21)12-14-7-9-20(31-2)18(27)11-14/h3-12,17,27H,13H2,1-2H3/b22-12-. The zero-order valence-electron chi connectivity index (χ0n) is 18.0. The summed E-state index contributed by atoms with van der Waals surface area (Å²) in [6, 6.07) is 15.5. The highest BCUT2D eigenvalue weighted by Crippen LogP contribution is 2.50. The molecule has 0 amide bonds. The second-order valence-electron chi connectivity index (χ2n) is 7.70. The number of ketones is 1. The summed E-state index contributed by atoms with van der Waals surface area (Å²) in [5, 5.41) is 10.1. The average molecular weight is 444 g/mol. The third kappa shape index (κ3) is 3.47. The molecule has 0 saturated heterocycles. The van der Waals surface area contributed by atoms with Crippen LogP contribution in [0.2, 0.25) is 0 Å². The lowest BCUT2D eigenvalue weighted by Gasteiger charge is -2.27. The number of hydrogen-bond donors (Lipinski definition) is 1. The van der Waals surface area contributed by atoms with E-state index < -0.39 is 5.92 Å². The lowest BCUT2D eigenvalue weighted by atomic mass is 9.84. The van der Waals surface area contributed by atoms with Gasteiger partial charge in [-0.3, -0.25) is 9.59 Å². The van der Waals surface area contributed by atoms with E-state index in [0.717, 1.165) is 5.56 Å². The molecule has 7 nitrogen and oxygen atoms in total. The van der Waals surface area contributed by atoms with Gasteiger partial charge in [0.05, 0.1) is 26.2 Å². The summed E-state index contributed by atoms with van der Waals surface area (Å²) in [4.78, 5) is 25.5. The van der Waals surface area contributed by atoms with Gasteiger partial charge in [-0.05, 0) is 42.0 Å². The SMILES string of the molecule is COc1ccc(/C=C2\Oc3c(ccc4c3C(c3ccccc3OC)CC(=O)O4)C2=O)cc1O. The number of para-hydroxylation sites is 1.